The van der Waals surface area contributed by atoms with Crippen molar-refractivity contribution < 1.29 is 13.9 Å². The molecule has 4 nitrogen and oxygen atoms in total. The number of hydrogen-bond acceptors (Lipinski definition) is 4. The zero-order valence-electron chi connectivity index (χ0n) is 11.9. The van der Waals surface area contributed by atoms with Gasteiger partial charge in [-0.15, -0.1) is 6.58 Å². The molecule has 2 fully saturated rings. The molecule has 3 rings (SSSR count). The van der Waals surface area contributed by atoms with Crippen LogP contribution in [0.4, 0.5) is 0 Å². The van der Waals surface area contributed by atoms with Gasteiger partial charge in [0.1, 0.15) is 0 Å². The highest BCUT2D eigenvalue weighted by Crippen LogP contribution is 2.36. The minimum Gasteiger partial charge on any atom is -0.472 e. The summed E-state index contributed by atoms with van der Waals surface area (Å²) in [6.45, 7) is 8.10. The standard InChI is InChI=1S/C16H23NO3/c1-2-7-19-15-9-16(20-12-15)5-3-6-17(13-16)10-14-4-8-18-11-14/h2,4,8,11,15H,1,3,5-7,9-10,12-13H2/t15-,16-/m1/s1. The summed E-state index contributed by atoms with van der Waals surface area (Å²) in [4.78, 5) is 2.46. The summed E-state index contributed by atoms with van der Waals surface area (Å²) >= 11 is 0. The Morgan fingerprint density at radius 3 is 3.30 bits per heavy atom. The van der Waals surface area contributed by atoms with Crippen LogP contribution in [0.25, 0.3) is 0 Å². The van der Waals surface area contributed by atoms with Crippen LogP contribution in [0.15, 0.2) is 35.7 Å². The predicted octanol–water partition coefficient (Wildman–Crippen LogP) is 2.61. The third kappa shape index (κ3) is 3.14. The molecule has 2 aliphatic rings. The van der Waals surface area contributed by atoms with Crippen LogP contribution < -0.4 is 0 Å². The van der Waals surface area contributed by atoms with Crippen molar-refractivity contribution in [2.75, 3.05) is 26.3 Å². The molecule has 1 spiro atoms. The van der Waals surface area contributed by atoms with Crippen molar-refractivity contribution in [1.82, 2.24) is 4.90 Å². The van der Waals surface area contributed by atoms with E-state index in [1.54, 1.807) is 12.3 Å². The van der Waals surface area contributed by atoms with Gasteiger partial charge in [-0.25, -0.2) is 0 Å². The van der Waals surface area contributed by atoms with Gasteiger partial charge in [0.05, 0.1) is 37.4 Å². The van der Waals surface area contributed by atoms with E-state index < -0.39 is 0 Å². The van der Waals surface area contributed by atoms with Crippen LogP contribution in [0.2, 0.25) is 0 Å². The van der Waals surface area contributed by atoms with Gasteiger partial charge in [-0.2, -0.15) is 0 Å². The zero-order chi connectivity index (χ0) is 13.8. The highest BCUT2D eigenvalue weighted by Gasteiger charge is 2.43. The highest BCUT2D eigenvalue weighted by molar-refractivity contribution is 5.06. The van der Waals surface area contributed by atoms with E-state index in [1.165, 1.54) is 12.0 Å². The summed E-state index contributed by atoms with van der Waals surface area (Å²) in [7, 11) is 0. The van der Waals surface area contributed by atoms with E-state index in [4.69, 9.17) is 13.9 Å². The van der Waals surface area contributed by atoms with Crippen molar-refractivity contribution in [3.8, 4) is 0 Å². The van der Waals surface area contributed by atoms with Crippen molar-refractivity contribution in [2.45, 2.75) is 37.5 Å². The molecule has 20 heavy (non-hydrogen) atoms. The highest BCUT2D eigenvalue weighted by atomic mass is 16.6. The maximum atomic E-state index is 6.12. The number of nitrogens with zero attached hydrogens (tertiary/aromatic N) is 1. The second-order valence-electron chi connectivity index (χ2n) is 5.89. The Morgan fingerprint density at radius 2 is 2.50 bits per heavy atom. The van der Waals surface area contributed by atoms with E-state index in [1.807, 2.05) is 12.3 Å². The van der Waals surface area contributed by atoms with Crippen LogP contribution in [0, 0.1) is 0 Å². The Kier molecular flexibility index (Phi) is 4.24. The first kappa shape index (κ1) is 13.9. The van der Waals surface area contributed by atoms with Gasteiger partial charge in [0.25, 0.3) is 0 Å². The van der Waals surface area contributed by atoms with Gasteiger partial charge in [-0.1, -0.05) is 6.08 Å². The van der Waals surface area contributed by atoms with Crippen LogP contribution in [0.5, 0.6) is 0 Å². The molecule has 110 valence electrons. The van der Waals surface area contributed by atoms with Gasteiger partial charge in [-0.05, 0) is 25.5 Å². The van der Waals surface area contributed by atoms with Gasteiger partial charge in [0.2, 0.25) is 0 Å². The molecule has 4 heteroatoms. The van der Waals surface area contributed by atoms with E-state index in [0.717, 1.165) is 32.5 Å². The van der Waals surface area contributed by atoms with Crippen molar-refractivity contribution in [2.24, 2.45) is 0 Å². The number of hydrogen-bond donors (Lipinski definition) is 0. The lowest BCUT2D eigenvalue weighted by Gasteiger charge is -2.39. The molecule has 2 atom stereocenters. The van der Waals surface area contributed by atoms with Crippen molar-refractivity contribution in [3.05, 3.63) is 36.8 Å². The van der Waals surface area contributed by atoms with E-state index in [2.05, 4.69) is 11.5 Å². The molecule has 0 aliphatic carbocycles. The smallest absolute Gasteiger partial charge is 0.0947 e. The molecular formula is C16H23NO3. The zero-order valence-corrected chi connectivity index (χ0v) is 11.9. The average Bonchev–Trinajstić information content (AvgIpc) is 3.07. The van der Waals surface area contributed by atoms with E-state index in [0.29, 0.717) is 13.2 Å². The summed E-state index contributed by atoms with van der Waals surface area (Å²) in [6, 6.07) is 2.03. The van der Waals surface area contributed by atoms with Gasteiger partial charge in [0.15, 0.2) is 0 Å². The van der Waals surface area contributed by atoms with Crippen LogP contribution in [0.3, 0.4) is 0 Å². The lowest BCUT2D eigenvalue weighted by atomic mass is 9.89. The topological polar surface area (TPSA) is 34.8 Å². The van der Waals surface area contributed by atoms with E-state index in [-0.39, 0.29) is 11.7 Å². The van der Waals surface area contributed by atoms with Crippen LogP contribution in [-0.2, 0) is 16.0 Å². The first-order valence-electron chi connectivity index (χ1n) is 7.40. The van der Waals surface area contributed by atoms with Crippen LogP contribution in [0.1, 0.15) is 24.8 Å². The quantitative estimate of drug-likeness (QED) is 0.775. The summed E-state index contributed by atoms with van der Waals surface area (Å²) in [5.74, 6) is 0. The minimum absolute atomic E-state index is 0.00613. The molecule has 0 radical (unpaired) electrons. The number of rotatable bonds is 5. The summed E-state index contributed by atoms with van der Waals surface area (Å²) in [6.07, 6.45) is 8.92. The fourth-order valence-electron chi connectivity index (χ4n) is 3.36. The summed E-state index contributed by atoms with van der Waals surface area (Å²) in [5, 5.41) is 0. The first-order valence-corrected chi connectivity index (χ1v) is 7.40. The number of piperidine rings is 1. The van der Waals surface area contributed by atoms with Crippen LogP contribution in [-0.4, -0.2) is 42.9 Å². The molecule has 0 amide bonds. The molecule has 0 saturated carbocycles. The molecule has 2 aliphatic heterocycles. The Morgan fingerprint density at radius 1 is 1.55 bits per heavy atom. The second kappa shape index (κ2) is 6.12. The van der Waals surface area contributed by atoms with Crippen LogP contribution >= 0.6 is 0 Å². The molecule has 2 saturated heterocycles. The fraction of sp³-hybridized carbons (Fsp3) is 0.625. The maximum Gasteiger partial charge on any atom is 0.0947 e. The lowest BCUT2D eigenvalue weighted by molar-refractivity contribution is -0.0544. The first-order chi connectivity index (χ1) is 9.80. The normalized spacial score (nSPS) is 30.9. The van der Waals surface area contributed by atoms with E-state index >= 15 is 0 Å². The monoisotopic (exact) mass is 277 g/mol. The number of likely N-dealkylation sites (tertiary alicyclic amines) is 1. The Hall–Kier alpha value is -1.10. The number of furan rings is 1. The van der Waals surface area contributed by atoms with E-state index in [9.17, 15) is 0 Å². The van der Waals surface area contributed by atoms with Gasteiger partial charge in [-0.3, -0.25) is 4.90 Å². The molecule has 0 N–H and O–H groups in total. The predicted molar refractivity (Wildman–Crippen MR) is 76.5 cm³/mol. The SMILES string of the molecule is C=CCO[C@H]1CO[C@]2(CCCN(Cc3ccoc3)C2)C1. The average molecular weight is 277 g/mol. The van der Waals surface area contributed by atoms with Crippen molar-refractivity contribution in [3.63, 3.8) is 0 Å². The number of ether oxygens (including phenoxy) is 2. The molecule has 3 heterocycles. The Labute approximate surface area is 120 Å². The molecule has 1 aromatic heterocycles. The van der Waals surface area contributed by atoms with Gasteiger partial charge < -0.3 is 13.9 Å². The molecule has 0 aromatic carbocycles. The maximum absolute atomic E-state index is 6.12. The third-order valence-corrected chi connectivity index (χ3v) is 4.23. The minimum atomic E-state index is -0.00613. The van der Waals surface area contributed by atoms with Crippen molar-refractivity contribution in [1.29, 1.82) is 0 Å². The largest absolute Gasteiger partial charge is 0.472 e. The summed E-state index contributed by atoms with van der Waals surface area (Å²) in [5.41, 5.74) is 1.23. The third-order valence-electron chi connectivity index (χ3n) is 4.23. The molecule has 0 bridgehead atoms. The van der Waals surface area contributed by atoms with Gasteiger partial charge in [0, 0.05) is 25.1 Å². The molecule has 0 unspecified atom stereocenters. The summed E-state index contributed by atoms with van der Waals surface area (Å²) < 4.78 is 17.0. The van der Waals surface area contributed by atoms with Crippen molar-refractivity contribution >= 4 is 0 Å². The van der Waals surface area contributed by atoms with Gasteiger partial charge >= 0.3 is 0 Å². The molecular weight excluding hydrogens is 254 g/mol. The Bertz CT molecular complexity index is 431. The second-order valence-corrected chi connectivity index (χ2v) is 5.89. The fourth-order valence-corrected chi connectivity index (χ4v) is 3.36. The molecule has 1 aromatic rings. The lowest BCUT2D eigenvalue weighted by Crippen LogP contribution is -2.47. The Balaban J connectivity index is 1.56.